The molecule has 6 heteroatoms. The summed E-state index contributed by atoms with van der Waals surface area (Å²) >= 11 is 0. The minimum absolute atomic E-state index is 0.184. The van der Waals surface area contributed by atoms with Gasteiger partial charge in [-0.2, -0.15) is 0 Å². The van der Waals surface area contributed by atoms with Crippen molar-refractivity contribution in [2.24, 2.45) is 0 Å². The number of imidazole rings is 1. The fraction of sp³-hybridized carbons (Fsp3) is 0.318. The van der Waals surface area contributed by atoms with Crippen LogP contribution in [0.2, 0.25) is 0 Å². The van der Waals surface area contributed by atoms with Gasteiger partial charge in [-0.3, -0.25) is 14.9 Å². The number of rotatable bonds is 6. The molecule has 3 aromatic rings. The van der Waals surface area contributed by atoms with Crippen LogP contribution in [0.15, 0.2) is 48.5 Å². The second-order valence-corrected chi connectivity index (χ2v) is 7.15. The van der Waals surface area contributed by atoms with Crippen molar-refractivity contribution >= 4 is 28.8 Å². The number of aromatic nitrogens is 2. The Bertz CT molecular complexity index is 1010. The highest BCUT2D eigenvalue weighted by atomic mass is 16.2. The van der Waals surface area contributed by atoms with Crippen LogP contribution in [-0.4, -0.2) is 32.8 Å². The predicted octanol–water partition coefficient (Wildman–Crippen LogP) is 3.82. The van der Waals surface area contributed by atoms with Crippen molar-refractivity contribution in [2.45, 2.75) is 39.3 Å². The van der Waals surface area contributed by atoms with Crippen LogP contribution in [0.5, 0.6) is 0 Å². The third-order valence-corrected chi connectivity index (χ3v) is 5.09. The van der Waals surface area contributed by atoms with Crippen LogP contribution in [0.4, 0.5) is 5.95 Å². The summed E-state index contributed by atoms with van der Waals surface area (Å²) in [7, 11) is 0. The van der Waals surface area contributed by atoms with E-state index in [2.05, 4.69) is 17.2 Å². The Labute approximate surface area is 164 Å². The van der Waals surface area contributed by atoms with Gasteiger partial charge >= 0.3 is 0 Å². The van der Waals surface area contributed by atoms with E-state index in [0.717, 1.165) is 42.5 Å². The van der Waals surface area contributed by atoms with Gasteiger partial charge in [-0.1, -0.05) is 31.2 Å². The Balaban J connectivity index is 1.50. The average molecular weight is 376 g/mol. The van der Waals surface area contributed by atoms with Crippen LogP contribution in [-0.2, 0) is 17.9 Å². The molecule has 6 nitrogen and oxygen atoms in total. The van der Waals surface area contributed by atoms with Crippen LogP contribution in [0.1, 0.15) is 42.1 Å². The SMILES string of the molecule is CCCn1c(NC(=O)c2ccc(CN3CCCC3=O)cc2)nc2ccccc21. The van der Waals surface area contributed by atoms with Crippen LogP contribution < -0.4 is 5.32 Å². The molecule has 0 spiro atoms. The molecule has 1 aromatic heterocycles. The molecule has 1 aliphatic heterocycles. The molecule has 1 saturated heterocycles. The van der Waals surface area contributed by atoms with E-state index in [1.54, 1.807) is 12.1 Å². The van der Waals surface area contributed by atoms with Gasteiger partial charge in [0.1, 0.15) is 0 Å². The number of aryl methyl sites for hydroxylation is 1. The number of carbonyl (C=O) groups excluding carboxylic acids is 2. The Morgan fingerprint density at radius 2 is 1.93 bits per heavy atom. The second-order valence-electron chi connectivity index (χ2n) is 7.15. The van der Waals surface area contributed by atoms with Crippen molar-refractivity contribution in [2.75, 3.05) is 11.9 Å². The van der Waals surface area contributed by atoms with Gasteiger partial charge in [0, 0.05) is 31.6 Å². The summed E-state index contributed by atoms with van der Waals surface area (Å²) in [6.45, 7) is 4.31. The first-order chi connectivity index (χ1) is 13.7. The Kier molecular flexibility index (Phi) is 5.10. The van der Waals surface area contributed by atoms with Crippen molar-refractivity contribution in [1.29, 1.82) is 0 Å². The Morgan fingerprint density at radius 1 is 1.14 bits per heavy atom. The summed E-state index contributed by atoms with van der Waals surface area (Å²) in [5, 5.41) is 2.95. The number of nitrogens with zero attached hydrogens (tertiary/aromatic N) is 3. The summed E-state index contributed by atoms with van der Waals surface area (Å²) in [6, 6.07) is 15.3. The Hall–Kier alpha value is -3.15. The second kappa shape index (κ2) is 7.84. The maximum Gasteiger partial charge on any atom is 0.257 e. The lowest BCUT2D eigenvalue weighted by Gasteiger charge is -2.15. The largest absolute Gasteiger partial charge is 0.338 e. The molecular weight excluding hydrogens is 352 g/mol. The van der Waals surface area contributed by atoms with Crippen LogP contribution in [0.3, 0.4) is 0 Å². The van der Waals surface area contributed by atoms with E-state index in [4.69, 9.17) is 0 Å². The molecule has 0 saturated carbocycles. The smallest absolute Gasteiger partial charge is 0.257 e. The first-order valence-corrected chi connectivity index (χ1v) is 9.79. The van der Waals surface area contributed by atoms with Crippen LogP contribution in [0.25, 0.3) is 11.0 Å². The van der Waals surface area contributed by atoms with E-state index in [1.807, 2.05) is 45.9 Å². The molecular formula is C22H24N4O2. The molecule has 28 heavy (non-hydrogen) atoms. The first-order valence-electron chi connectivity index (χ1n) is 9.79. The first kappa shape index (κ1) is 18.2. The minimum atomic E-state index is -0.184. The summed E-state index contributed by atoms with van der Waals surface area (Å²) in [5.41, 5.74) is 3.50. The monoisotopic (exact) mass is 376 g/mol. The maximum atomic E-state index is 12.7. The van der Waals surface area contributed by atoms with Crippen molar-refractivity contribution in [3.8, 4) is 0 Å². The number of nitrogens with one attached hydrogen (secondary N) is 1. The lowest BCUT2D eigenvalue weighted by Crippen LogP contribution is -2.23. The number of fused-ring (bicyclic) bond motifs is 1. The standard InChI is InChI=1S/C22H24N4O2/c1-2-13-26-19-7-4-3-6-18(19)23-22(26)24-21(28)17-11-9-16(10-12-17)15-25-14-5-8-20(25)27/h3-4,6-7,9-12H,2,5,8,13-15H2,1H3,(H,23,24,28). The zero-order chi connectivity index (χ0) is 19.5. The normalized spacial score (nSPS) is 14.0. The summed E-state index contributed by atoms with van der Waals surface area (Å²) in [5.74, 6) is 0.591. The average Bonchev–Trinajstić information content (AvgIpc) is 3.26. The number of hydrogen-bond acceptors (Lipinski definition) is 3. The van der Waals surface area contributed by atoms with Crippen molar-refractivity contribution < 1.29 is 9.59 Å². The molecule has 0 bridgehead atoms. The molecule has 0 aliphatic carbocycles. The van der Waals surface area contributed by atoms with Gasteiger partial charge in [0.05, 0.1) is 11.0 Å². The molecule has 0 radical (unpaired) electrons. The van der Waals surface area contributed by atoms with Gasteiger partial charge in [0.2, 0.25) is 11.9 Å². The lowest BCUT2D eigenvalue weighted by atomic mass is 10.1. The molecule has 1 N–H and O–H groups in total. The van der Waals surface area contributed by atoms with Gasteiger partial charge in [0.25, 0.3) is 5.91 Å². The summed E-state index contributed by atoms with van der Waals surface area (Å²) in [4.78, 5) is 30.9. The number of para-hydroxylation sites is 2. The van der Waals surface area contributed by atoms with Gasteiger partial charge in [-0.15, -0.1) is 0 Å². The number of anilines is 1. The zero-order valence-corrected chi connectivity index (χ0v) is 16.0. The molecule has 0 atom stereocenters. The van der Waals surface area contributed by atoms with Gasteiger partial charge in [0.15, 0.2) is 0 Å². The molecule has 2 aromatic carbocycles. The van der Waals surface area contributed by atoms with E-state index in [9.17, 15) is 9.59 Å². The van der Waals surface area contributed by atoms with Gasteiger partial charge < -0.3 is 9.47 Å². The molecule has 1 aliphatic rings. The van der Waals surface area contributed by atoms with Crippen molar-refractivity contribution in [1.82, 2.24) is 14.5 Å². The summed E-state index contributed by atoms with van der Waals surface area (Å²) < 4.78 is 2.04. The van der Waals surface area contributed by atoms with Gasteiger partial charge in [-0.25, -0.2) is 4.98 Å². The van der Waals surface area contributed by atoms with Crippen LogP contribution >= 0.6 is 0 Å². The molecule has 2 amide bonds. The molecule has 144 valence electrons. The van der Waals surface area contributed by atoms with E-state index < -0.39 is 0 Å². The number of benzene rings is 2. The third-order valence-electron chi connectivity index (χ3n) is 5.09. The number of hydrogen-bond donors (Lipinski definition) is 1. The summed E-state index contributed by atoms with van der Waals surface area (Å²) in [6.07, 6.45) is 2.52. The van der Waals surface area contributed by atoms with E-state index in [-0.39, 0.29) is 11.8 Å². The molecule has 0 unspecified atom stereocenters. The third kappa shape index (κ3) is 3.63. The highest BCUT2D eigenvalue weighted by molar-refractivity contribution is 6.04. The van der Waals surface area contributed by atoms with E-state index >= 15 is 0 Å². The maximum absolute atomic E-state index is 12.7. The number of likely N-dealkylation sites (tertiary alicyclic amines) is 1. The van der Waals surface area contributed by atoms with Gasteiger partial charge in [-0.05, 0) is 42.7 Å². The highest BCUT2D eigenvalue weighted by Gasteiger charge is 2.20. The zero-order valence-electron chi connectivity index (χ0n) is 16.0. The molecule has 2 heterocycles. The van der Waals surface area contributed by atoms with Crippen LogP contribution in [0, 0.1) is 0 Å². The quantitative estimate of drug-likeness (QED) is 0.711. The predicted molar refractivity (Wildman–Crippen MR) is 109 cm³/mol. The minimum Gasteiger partial charge on any atom is -0.338 e. The Morgan fingerprint density at radius 3 is 2.64 bits per heavy atom. The molecule has 4 rings (SSSR count). The van der Waals surface area contributed by atoms with E-state index in [0.29, 0.717) is 24.5 Å². The fourth-order valence-corrected chi connectivity index (χ4v) is 3.65. The van der Waals surface area contributed by atoms with Crippen molar-refractivity contribution in [3.05, 3.63) is 59.7 Å². The van der Waals surface area contributed by atoms with E-state index in [1.165, 1.54) is 0 Å². The lowest BCUT2D eigenvalue weighted by molar-refractivity contribution is -0.128. The number of carbonyl (C=O) groups is 2. The number of amides is 2. The van der Waals surface area contributed by atoms with Crippen molar-refractivity contribution in [3.63, 3.8) is 0 Å². The fourth-order valence-electron chi connectivity index (χ4n) is 3.65. The highest BCUT2D eigenvalue weighted by Crippen LogP contribution is 2.21. The topological polar surface area (TPSA) is 67.2 Å². The molecule has 1 fully saturated rings.